The maximum absolute atomic E-state index is 2.46. The van der Waals surface area contributed by atoms with Gasteiger partial charge in [-0.2, -0.15) is 0 Å². The van der Waals surface area contributed by atoms with Crippen LogP contribution in [0.1, 0.15) is 0 Å². The first-order chi connectivity index (χ1) is 29.3. The van der Waals surface area contributed by atoms with E-state index in [1.54, 1.807) is 0 Å². The Morgan fingerprint density at radius 2 is 0.644 bits per heavy atom. The molecule has 0 amide bonds. The van der Waals surface area contributed by atoms with Crippen LogP contribution in [0, 0.1) is 0 Å². The lowest BCUT2D eigenvalue weighted by Gasteiger charge is -2.30. The molecule has 0 N–H and O–H groups in total. The highest BCUT2D eigenvalue weighted by Crippen LogP contribution is 2.47. The molecule has 0 heterocycles. The van der Waals surface area contributed by atoms with Crippen LogP contribution in [-0.4, -0.2) is 0 Å². The van der Waals surface area contributed by atoms with Crippen LogP contribution in [0.4, 0.5) is 17.1 Å². The standard InChI is InChI=1S/C58H41N/c1-4-20-42(21-5-1)47-38-48(43-22-6-2-7-23-43)41-50(40-47)59(49-29-18-28-46(39-49)53-36-19-27-45-26-10-11-30-51(45)53)58-37-17-16-35-57(58)56-34-15-14-33-55(56)54-32-13-12-31-52(54)44-24-8-3-9-25-44/h1-41H. The number of benzene rings is 10. The zero-order valence-electron chi connectivity index (χ0n) is 32.6. The van der Waals surface area contributed by atoms with Gasteiger partial charge in [0.25, 0.3) is 0 Å². The van der Waals surface area contributed by atoms with Gasteiger partial charge < -0.3 is 4.90 Å². The average Bonchev–Trinajstić information content (AvgIpc) is 3.32. The number of nitrogens with zero attached hydrogens (tertiary/aromatic N) is 1. The van der Waals surface area contributed by atoms with Crippen molar-refractivity contribution in [2.24, 2.45) is 0 Å². The molecule has 10 aromatic carbocycles. The molecule has 0 aliphatic heterocycles. The predicted molar refractivity (Wildman–Crippen MR) is 251 cm³/mol. The molecule has 0 aliphatic rings. The first-order valence-corrected chi connectivity index (χ1v) is 20.3. The van der Waals surface area contributed by atoms with Gasteiger partial charge in [0.2, 0.25) is 0 Å². The lowest BCUT2D eigenvalue weighted by molar-refractivity contribution is 1.28. The molecule has 0 unspecified atom stereocenters. The SMILES string of the molecule is c1ccc(-c2cc(-c3ccccc3)cc(N(c3cccc(-c4cccc5ccccc45)c3)c3ccccc3-c3ccccc3-c3ccccc3-c3ccccc3)c2)cc1. The zero-order chi connectivity index (χ0) is 39.4. The Hall–Kier alpha value is -7.74. The summed E-state index contributed by atoms with van der Waals surface area (Å²) in [6.45, 7) is 0. The van der Waals surface area contributed by atoms with Gasteiger partial charge in [-0.25, -0.2) is 0 Å². The van der Waals surface area contributed by atoms with Crippen molar-refractivity contribution in [2.45, 2.75) is 0 Å². The Morgan fingerprint density at radius 1 is 0.220 bits per heavy atom. The van der Waals surface area contributed by atoms with Crippen LogP contribution < -0.4 is 4.90 Å². The third kappa shape index (κ3) is 7.12. The fraction of sp³-hybridized carbons (Fsp3) is 0. The van der Waals surface area contributed by atoms with Gasteiger partial charge in [-0.3, -0.25) is 0 Å². The smallest absolute Gasteiger partial charge is 0.0540 e. The first kappa shape index (κ1) is 35.7. The van der Waals surface area contributed by atoms with E-state index >= 15 is 0 Å². The molecule has 0 saturated carbocycles. The van der Waals surface area contributed by atoms with Gasteiger partial charge in [0, 0.05) is 16.9 Å². The molecule has 10 rings (SSSR count). The van der Waals surface area contributed by atoms with E-state index in [0.717, 1.165) is 33.8 Å². The Morgan fingerprint density at radius 3 is 1.31 bits per heavy atom. The quantitative estimate of drug-likeness (QED) is 0.142. The molecule has 1 nitrogen and oxygen atoms in total. The Labute approximate surface area is 346 Å². The maximum Gasteiger partial charge on any atom is 0.0540 e. The molecule has 59 heavy (non-hydrogen) atoms. The monoisotopic (exact) mass is 751 g/mol. The van der Waals surface area contributed by atoms with Crippen molar-refractivity contribution >= 4 is 27.8 Å². The zero-order valence-corrected chi connectivity index (χ0v) is 32.6. The van der Waals surface area contributed by atoms with Crippen LogP contribution in [0.3, 0.4) is 0 Å². The molecule has 0 saturated heterocycles. The van der Waals surface area contributed by atoms with E-state index in [1.165, 1.54) is 60.8 Å². The number of para-hydroxylation sites is 1. The lowest BCUT2D eigenvalue weighted by atomic mass is 9.88. The summed E-state index contributed by atoms with van der Waals surface area (Å²) >= 11 is 0. The number of anilines is 3. The van der Waals surface area contributed by atoms with Crippen molar-refractivity contribution in [2.75, 3.05) is 4.90 Å². The molecule has 0 aliphatic carbocycles. The third-order valence-electron chi connectivity index (χ3n) is 11.3. The van der Waals surface area contributed by atoms with Crippen molar-refractivity contribution in [3.05, 3.63) is 249 Å². The molecular weight excluding hydrogens is 711 g/mol. The lowest BCUT2D eigenvalue weighted by Crippen LogP contribution is -2.12. The van der Waals surface area contributed by atoms with Crippen LogP contribution in [-0.2, 0) is 0 Å². The van der Waals surface area contributed by atoms with E-state index in [0.29, 0.717) is 0 Å². The van der Waals surface area contributed by atoms with Gasteiger partial charge in [0.15, 0.2) is 0 Å². The average molecular weight is 752 g/mol. The van der Waals surface area contributed by atoms with Gasteiger partial charge in [-0.15, -0.1) is 0 Å². The highest BCUT2D eigenvalue weighted by molar-refractivity contribution is 6.00. The van der Waals surface area contributed by atoms with Gasteiger partial charge in [-0.05, 0) is 108 Å². The summed E-state index contributed by atoms with van der Waals surface area (Å²) < 4.78 is 0. The van der Waals surface area contributed by atoms with Crippen LogP contribution in [0.5, 0.6) is 0 Å². The van der Waals surface area contributed by atoms with E-state index in [9.17, 15) is 0 Å². The van der Waals surface area contributed by atoms with E-state index in [4.69, 9.17) is 0 Å². The normalized spacial score (nSPS) is 11.1. The van der Waals surface area contributed by atoms with Crippen LogP contribution >= 0.6 is 0 Å². The number of hydrogen-bond donors (Lipinski definition) is 0. The molecule has 0 atom stereocenters. The second-order valence-corrected chi connectivity index (χ2v) is 14.9. The molecule has 0 fully saturated rings. The van der Waals surface area contributed by atoms with E-state index in [1.807, 2.05) is 0 Å². The van der Waals surface area contributed by atoms with Gasteiger partial charge in [0.05, 0.1) is 5.69 Å². The van der Waals surface area contributed by atoms with Crippen LogP contribution in [0.25, 0.3) is 77.5 Å². The summed E-state index contributed by atoms with van der Waals surface area (Å²) in [7, 11) is 0. The van der Waals surface area contributed by atoms with E-state index < -0.39 is 0 Å². The molecule has 10 aromatic rings. The van der Waals surface area contributed by atoms with Crippen molar-refractivity contribution < 1.29 is 0 Å². The van der Waals surface area contributed by atoms with Gasteiger partial charge >= 0.3 is 0 Å². The Kier molecular flexibility index (Phi) is 9.68. The molecule has 1 heteroatoms. The van der Waals surface area contributed by atoms with E-state index in [2.05, 4.69) is 254 Å². The second-order valence-electron chi connectivity index (χ2n) is 14.9. The van der Waals surface area contributed by atoms with Crippen molar-refractivity contribution in [3.63, 3.8) is 0 Å². The minimum atomic E-state index is 1.08. The fourth-order valence-electron chi connectivity index (χ4n) is 8.49. The van der Waals surface area contributed by atoms with Gasteiger partial charge in [-0.1, -0.05) is 212 Å². The molecule has 0 spiro atoms. The summed E-state index contributed by atoms with van der Waals surface area (Å²) in [4.78, 5) is 2.46. The minimum absolute atomic E-state index is 1.08. The maximum atomic E-state index is 2.46. The largest absolute Gasteiger partial charge is 0.310 e. The Balaban J connectivity index is 1.23. The number of fused-ring (bicyclic) bond motifs is 1. The third-order valence-corrected chi connectivity index (χ3v) is 11.3. The van der Waals surface area contributed by atoms with E-state index in [-0.39, 0.29) is 0 Å². The fourth-order valence-corrected chi connectivity index (χ4v) is 8.49. The number of hydrogen-bond acceptors (Lipinski definition) is 1. The molecule has 278 valence electrons. The van der Waals surface area contributed by atoms with Crippen molar-refractivity contribution in [1.82, 2.24) is 0 Å². The summed E-state index contributed by atoms with van der Waals surface area (Å²) in [5.41, 5.74) is 17.4. The predicted octanol–water partition coefficient (Wildman–Crippen LogP) is 16.3. The van der Waals surface area contributed by atoms with Crippen molar-refractivity contribution in [3.8, 4) is 66.8 Å². The summed E-state index contributed by atoms with van der Waals surface area (Å²) in [5.74, 6) is 0. The molecule has 0 aromatic heterocycles. The highest BCUT2D eigenvalue weighted by Gasteiger charge is 2.22. The van der Waals surface area contributed by atoms with Gasteiger partial charge in [0.1, 0.15) is 0 Å². The van der Waals surface area contributed by atoms with Crippen molar-refractivity contribution in [1.29, 1.82) is 0 Å². The molecular formula is C58H41N. The van der Waals surface area contributed by atoms with Crippen LogP contribution in [0.15, 0.2) is 249 Å². The van der Waals surface area contributed by atoms with Crippen LogP contribution in [0.2, 0.25) is 0 Å². The Bertz CT molecular complexity index is 2980. The minimum Gasteiger partial charge on any atom is -0.310 e. The number of rotatable bonds is 9. The highest BCUT2D eigenvalue weighted by atomic mass is 15.1. The summed E-state index contributed by atoms with van der Waals surface area (Å²) in [5, 5.41) is 2.47. The summed E-state index contributed by atoms with van der Waals surface area (Å²) in [6.07, 6.45) is 0. The summed E-state index contributed by atoms with van der Waals surface area (Å²) in [6, 6.07) is 90.0. The molecule has 0 radical (unpaired) electrons. The second kappa shape index (κ2) is 16.0. The molecule has 0 bridgehead atoms. The first-order valence-electron chi connectivity index (χ1n) is 20.3. The topological polar surface area (TPSA) is 3.24 Å².